The van der Waals surface area contributed by atoms with Crippen molar-refractivity contribution in [2.24, 2.45) is 10.2 Å². The lowest BCUT2D eigenvalue weighted by Crippen LogP contribution is -2.07. The second-order valence-electron chi connectivity index (χ2n) is 4.67. The third kappa shape index (κ3) is 3.95. The minimum atomic E-state index is -1.39. The molecule has 0 fully saturated rings. The molecule has 8 heteroatoms. The van der Waals surface area contributed by atoms with Gasteiger partial charge in [-0.3, -0.25) is 4.68 Å². The Hall–Kier alpha value is -2.67. The smallest absolute Gasteiger partial charge is 0.360 e. The van der Waals surface area contributed by atoms with Gasteiger partial charge in [0.15, 0.2) is 5.76 Å². The van der Waals surface area contributed by atoms with Crippen LogP contribution in [0.1, 0.15) is 18.3 Å². The lowest BCUT2D eigenvalue weighted by molar-refractivity contribution is -0.132. The second kappa shape index (κ2) is 7.06. The zero-order valence-electron chi connectivity index (χ0n) is 12.6. The lowest BCUT2D eigenvalue weighted by atomic mass is 10.2. The molecular formula is C15H15ClN4O3. The number of azo groups is 1. The van der Waals surface area contributed by atoms with Crippen molar-refractivity contribution in [3.05, 3.63) is 52.4 Å². The summed E-state index contributed by atoms with van der Waals surface area (Å²) < 4.78 is 1.49. The van der Waals surface area contributed by atoms with Crippen molar-refractivity contribution in [1.29, 1.82) is 0 Å². The minimum Gasteiger partial charge on any atom is -0.504 e. The molecule has 0 aliphatic rings. The molecule has 0 radical (unpaired) electrons. The molecule has 0 aliphatic heterocycles. The van der Waals surface area contributed by atoms with Gasteiger partial charge in [0.25, 0.3) is 0 Å². The third-order valence-electron chi connectivity index (χ3n) is 2.94. The number of carboxylic acid groups (broad SMARTS) is 1. The largest absolute Gasteiger partial charge is 0.504 e. The van der Waals surface area contributed by atoms with Crippen LogP contribution >= 0.6 is 11.6 Å². The van der Waals surface area contributed by atoms with Gasteiger partial charge >= 0.3 is 5.97 Å². The van der Waals surface area contributed by atoms with Crippen LogP contribution < -0.4 is 0 Å². The fourth-order valence-electron chi connectivity index (χ4n) is 1.94. The summed E-state index contributed by atoms with van der Waals surface area (Å²) in [5, 5.41) is 31.6. The highest BCUT2D eigenvalue weighted by Gasteiger charge is 2.19. The molecule has 0 amide bonds. The number of hydrogen-bond acceptors (Lipinski definition) is 5. The van der Waals surface area contributed by atoms with E-state index in [0.717, 1.165) is 0 Å². The topological polar surface area (TPSA) is 100 Å². The molecule has 1 aromatic carbocycles. The third-order valence-corrected chi connectivity index (χ3v) is 3.18. The van der Waals surface area contributed by atoms with E-state index in [-0.39, 0.29) is 5.69 Å². The number of nitrogens with zero attached hydrogens (tertiary/aromatic N) is 4. The molecule has 0 saturated heterocycles. The Morgan fingerprint density at radius 1 is 1.35 bits per heavy atom. The van der Waals surface area contributed by atoms with Gasteiger partial charge in [0.05, 0.1) is 11.4 Å². The summed E-state index contributed by atoms with van der Waals surface area (Å²) in [6.07, 6.45) is 0. The van der Waals surface area contributed by atoms with E-state index in [0.29, 0.717) is 22.9 Å². The standard InChI is InChI=1S/C15H15ClN4O3/c1-3-20-12(7-9(2)19-20)14(21)13(15(22)23)18-17-11-6-4-5-10(16)8-11/h4-8,21H,3H2,1-2H3,(H,22,23)/b14-13+,18-17?. The van der Waals surface area contributed by atoms with E-state index in [2.05, 4.69) is 15.3 Å². The van der Waals surface area contributed by atoms with E-state index in [1.54, 1.807) is 31.2 Å². The Bertz CT molecular complexity index is 796. The summed E-state index contributed by atoms with van der Waals surface area (Å²) in [6, 6.07) is 8.05. The zero-order valence-corrected chi connectivity index (χ0v) is 13.3. The number of aliphatic hydroxyl groups is 1. The van der Waals surface area contributed by atoms with Crippen molar-refractivity contribution < 1.29 is 15.0 Å². The van der Waals surface area contributed by atoms with Crippen LogP contribution in [0.3, 0.4) is 0 Å². The SMILES string of the molecule is CCn1nc(C)cc1/C(O)=C(\N=Nc1cccc(Cl)c1)C(=O)O. The monoisotopic (exact) mass is 334 g/mol. The van der Waals surface area contributed by atoms with Crippen LogP contribution in [0.15, 0.2) is 46.3 Å². The Kier molecular flexibility index (Phi) is 5.13. The van der Waals surface area contributed by atoms with E-state index in [1.165, 1.54) is 10.7 Å². The summed E-state index contributed by atoms with van der Waals surface area (Å²) in [4.78, 5) is 11.4. The maximum absolute atomic E-state index is 11.4. The van der Waals surface area contributed by atoms with Crippen LogP contribution in [-0.4, -0.2) is 26.0 Å². The van der Waals surface area contributed by atoms with E-state index < -0.39 is 17.4 Å². The van der Waals surface area contributed by atoms with Gasteiger partial charge < -0.3 is 10.2 Å². The summed E-state index contributed by atoms with van der Waals surface area (Å²) in [5.74, 6) is -1.89. The maximum Gasteiger partial charge on any atom is 0.360 e. The van der Waals surface area contributed by atoms with Crippen LogP contribution in [0.4, 0.5) is 5.69 Å². The molecule has 0 saturated carbocycles. The Morgan fingerprint density at radius 2 is 2.09 bits per heavy atom. The van der Waals surface area contributed by atoms with Crippen LogP contribution in [0.2, 0.25) is 5.02 Å². The highest BCUT2D eigenvalue weighted by molar-refractivity contribution is 6.30. The van der Waals surface area contributed by atoms with Gasteiger partial charge in [0.2, 0.25) is 5.70 Å². The number of carboxylic acids is 1. The fourth-order valence-corrected chi connectivity index (χ4v) is 2.12. The molecule has 2 aromatic rings. The van der Waals surface area contributed by atoms with Crippen molar-refractivity contribution in [2.75, 3.05) is 0 Å². The first-order chi connectivity index (χ1) is 10.9. The zero-order chi connectivity index (χ0) is 17.0. The highest BCUT2D eigenvalue weighted by Crippen LogP contribution is 2.22. The van der Waals surface area contributed by atoms with E-state index in [4.69, 9.17) is 11.6 Å². The summed E-state index contributed by atoms with van der Waals surface area (Å²) in [5.41, 5.74) is 0.737. The molecule has 1 heterocycles. The highest BCUT2D eigenvalue weighted by atomic mass is 35.5. The van der Waals surface area contributed by atoms with Gasteiger partial charge in [-0.25, -0.2) is 4.79 Å². The predicted octanol–water partition coefficient (Wildman–Crippen LogP) is 3.96. The molecule has 23 heavy (non-hydrogen) atoms. The van der Waals surface area contributed by atoms with E-state index in [9.17, 15) is 15.0 Å². The summed E-state index contributed by atoms with van der Waals surface area (Å²) >= 11 is 5.83. The maximum atomic E-state index is 11.4. The number of hydrogen-bond donors (Lipinski definition) is 2. The Labute approximate surface area is 137 Å². The number of rotatable bonds is 5. The normalized spacial score (nSPS) is 12.5. The first-order valence-corrected chi connectivity index (χ1v) is 7.18. The number of halogens is 1. The van der Waals surface area contributed by atoms with E-state index >= 15 is 0 Å². The molecular weight excluding hydrogens is 320 g/mol. The van der Waals surface area contributed by atoms with Crippen molar-refractivity contribution in [3.8, 4) is 0 Å². The van der Waals surface area contributed by atoms with Crippen molar-refractivity contribution in [1.82, 2.24) is 9.78 Å². The molecule has 2 rings (SSSR count). The molecule has 0 bridgehead atoms. The molecule has 0 atom stereocenters. The number of aryl methyl sites for hydroxylation is 2. The van der Waals surface area contributed by atoms with E-state index in [1.807, 2.05) is 6.92 Å². The number of carbonyl (C=O) groups is 1. The first-order valence-electron chi connectivity index (χ1n) is 6.81. The number of aliphatic carboxylic acids is 1. The molecule has 0 unspecified atom stereocenters. The summed E-state index contributed by atoms with van der Waals surface area (Å²) in [6.45, 7) is 4.06. The van der Waals surface area contributed by atoms with Crippen molar-refractivity contribution in [2.45, 2.75) is 20.4 Å². The van der Waals surface area contributed by atoms with Crippen LogP contribution in [0.25, 0.3) is 5.76 Å². The number of aliphatic hydroxyl groups excluding tert-OH is 1. The number of benzene rings is 1. The molecule has 7 nitrogen and oxygen atoms in total. The van der Waals surface area contributed by atoms with Crippen LogP contribution in [-0.2, 0) is 11.3 Å². The minimum absolute atomic E-state index is 0.271. The van der Waals surface area contributed by atoms with Crippen molar-refractivity contribution in [3.63, 3.8) is 0 Å². The van der Waals surface area contributed by atoms with Gasteiger partial charge in [0, 0.05) is 11.6 Å². The van der Waals surface area contributed by atoms with Crippen LogP contribution in [0.5, 0.6) is 0 Å². The first kappa shape index (κ1) is 16.7. The Balaban J connectivity index is 2.46. The molecule has 0 aliphatic carbocycles. The summed E-state index contributed by atoms with van der Waals surface area (Å²) in [7, 11) is 0. The Morgan fingerprint density at radius 3 is 2.70 bits per heavy atom. The molecule has 0 spiro atoms. The van der Waals surface area contributed by atoms with Gasteiger partial charge in [-0.15, -0.1) is 5.11 Å². The van der Waals surface area contributed by atoms with Gasteiger partial charge in [-0.1, -0.05) is 17.7 Å². The van der Waals surface area contributed by atoms with Gasteiger partial charge in [-0.2, -0.15) is 10.2 Å². The van der Waals surface area contributed by atoms with Gasteiger partial charge in [-0.05, 0) is 38.1 Å². The second-order valence-corrected chi connectivity index (χ2v) is 5.11. The van der Waals surface area contributed by atoms with Crippen molar-refractivity contribution >= 4 is 29.0 Å². The quantitative estimate of drug-likeness (QED) is 0.491. The molecule has 1 aromatic heterocycles. The lowest BCUT2D eigenvalue weighted by Gasteiger charge is -2.05. The fraction of sp³-hybridized carbons (Fsp3) is 0.200. The average molecular weight is 335 g/mol. The molecule has 120 valence electrons. The van der Waals surface area contributed by atoms with Gasteiger partial charge in [0.1, 0.15) is 5.69 Å². The average Bonchev–Trinajstić information content (AvgIpc) is 2.88. The predicted molar refractivity (Wildman–Crippen MR) is 85.8 cm³/mol. The number of aromatic nitrogens is 2. The van der Waals surface area contributed by atoms with Crippen LogP contribution in [0, 0.1) is 6.92 Å². The molecule has 2 N–H and O–H groups in total.